The molecule has 0 aliphatic heterocycles. The smallest absolute Gasteiger partial charge is 0.354 e. The van der Waals surface area contributed by atoms with Crippen LogP contribution in [0.1, 0.15) is 34.1 Å². The molecule has 0 amide bonds. The molecule has 2 N–H and O–H groups in total. The molecule has 0 rings (SSSR count). The molecule has 4 nitrogen and oxygen atoms in total. The highest BCUT2D eigenvalue weighted by Crippen LogP contribution is 2.08. The van der Waals surface area contributed by atoms with Crippen LogP contribution >= 0.6 is 0 Å². The van der Waals surface area contributed by atoms with E-state index in [2.05, 4.69) is 5.32 Å². The molecule has 4 heteroatoms. The number of nitrogens with one attached hydrogen (secondary N) is 2. The molecule has 0 radical (unpaired) electrons. The van der Waals surface area contributed by atoms with Gasteiger partial charge in [-0.2, -0.15) is 0 Å². The SMILES string of the molecule is CCC(NC)C(=N)C(=O)OC(C)(C)C. The first-order valence-electron chi connectivity index (χ1n) is 4.81. The van der Waals surface area contributed by atoms with Gasteiger partial charge >= 0.3 is 5.97 Å². The molecular weight excluding hydrogens is 180 g/mol. The van der Waals surface area contributed by atoms with Crippen LogP contribution in [0.25, 0.3) is 0 Å². The van der Waals surface area contributed by atoms with E-state index in [1.165, 1.54) is 0 Å². The van der Waals surface area contributed by atoms with Crippen molar-refractivity contribution in [2.45, 2.75) is 45.8 Å². The Labute approximate surface area is 85.5 Å². The van der Waals surface area contributed by atoms with Crippen LogP contribution in [0.2, 0.25) is 0 Å². The van der Waals surface area contributed by atoms with E-state index in [9.17, 15) is 4.79 Å². The lowest BCUT2D eigenvalue weighted by atomic mass is 10.1. The lowest BCUT2D eigenvalue weighted by Crippen LogP contribution is -2.40. The van der Waals surface area contributed by atoms with Gasteiger partial charge < -0.3 is 10.1 Å². The van der Waals surface area contributed by atoms with Gasteiger partial charge in [-0.25, -0.2) is 4.79 Å². The summed E-state index contributed by atoms with van der Waals surface area (Å²) in [5.74, 6) is -0.543. The van der Waals surface area contributed by atoms with Crippen LogP contribution in [0, 0.1) is 5.41 Å². The van der Waals surface area contributed by atoms with Gasteiger partial charge in [0.05, 0.1) is 6.04 Å². The molecule has 0 aliphatic carbocycles. The van der Waals surface area contributed by atoms with Crippen molar-refractivity contribution in [2.24, 2.45) is 0 Å². The first-order chi connectivity index (χ1) is 6.31. The summed E-state index contributed by atoms with van der Waals surface area (Å²) in [7, 11) is 1.73. The molecule has 14 heavy (non-hydrogen) atoms. The lowest BCUT2D eigenvalue weighted by molar-refractivity contribution is -0.146. The van der Waals surface area contributed by atoms with Crippen LogP contribution < -0.4 is 5.32 Å². The van der Waals surface area contributed by atoms with Crippen LogP contribution in [-0.4, -0.2) is 30.4 Å². The third kappa shape index (κ3) is 4.37. The van der Waals surface area contributed by atoms with Crippen LogP contribution in [0.15, 0.2) is 0 Å². The summed E-state index contributed by atoms with van der Waals surface area (Å²) >= 11 is 0. The summed E-state index contributed by atoms with van der Waals surface area (Å²) in [5.41, 5.74) is -0.542. The molecular formula is C10H20N2O2. The molecule has 1 atom stereocenters. The van der Waals surface area contributed by atoms with Gasteiger partial charge in [0, 0.05) is 0 Å². The standard InChI is InChI=1S/C10H20N2O2/c1-6-7(12-5)8(11)9(13)14-10(2,3)4/h7,11-12H,6H2,1-5H3. The summed E-state index contributed by atoms with van der Waals surface area (Å²) in [4.78, 5) is 11.4. The fourth-order valence-corrected chi connectivity index (χ4v) is 1.03. The highest BCUT2D eigenvalue weighted by molar-refractivity contribution is 6.37. The normalized spacial score (nSPS) is 13.5. The van der Waals surface area contributed by atoms with Gasteiger partial charge in [0.25, 0.3) is 0 Å². The Kier molecular flexibility index (Phi) is 4.77. The molecule has 82 valence electrons. The molecule has 0 saturated carbocycles. The average Bonchev–Trinajstić information content (AvgIpc) is 2.03. The number of hydrogen-bond donors (Lipinski definition) is 2. The fourth-order valence-electron chi connectivity index (χ4n) is 1.03. The van der Waals surface area contributed by atoms with E-state index in [1.54, 1.807) is 27.8 Å². The minimum absolute atomic E-state index is 0.00933. The summed E-state index contributed by atoms with van der Waals surface area (Å²) in [6.45, 7) is 7.29. The van der Waals surface area contributed by atoms with E-state index in [0.717, 1.165) is 0 Å². The van der Waals surface area contributed by atoms with Crippen molar-refractivity contribution in [2.75, 3.05) is 7.05 Å². The van der Waals surface area contributed by atoms with E-state index < -0.39 is 11.6 Å². The molecule has 0 fully saturated rings. The Bertz CT molecular complexity index is 215. The number of ether oxygens (including phenoxy) is 1. The third-order valence-electron chi connectivity index (χ3n) is 1.72. The summed E-state index contributed by atoms with van der Waals surface area (Å²) < 4.78 is 5.08. The van der Waals surface area contributed by atoms with Gasteiger partial charge in [-0.15, -0.1) is 0 Å². The van der Waals surface area contributed by atoms with Crippen LogP contribution in [0.5, 0.6) is 0 Å². The zero-order valence-corrected chi connectivity index (χ0v) is 9.60. The largest absolute Gasteiger partial charge is 0.455 e. The van der Waals surface area contributed by atoms with Gasteiger partial charge in [-0.05, 0) is 34.2 Å². The highest BCUT2D eigenvalue weighted by Gasteiger charge is 2.24. The minimum atomic E-state index is -0.543. The molecule has 1 unspecified atom stereocenters. The van der Waals surface area contributed by atoms with Crippen LogP contribution in [-0.2, 0) is 9.53 Å². The van der Waals surface area contributed by atoms with Gasteiger partial charge in [-0.1, -0.05) is 6.92 Å². The van der Waals surface area contributed by atoms with Crippen molar-refractivity contribution in [3.63, 3.8) is 0 Å². The van der Waals surface area contributed by atoms with Gasteiger partial charge in [0.1, 0.15) is 11.3 Å². The van der Waals surface area contributed by atoms with Crippen LogP contribution in [0.3, 0.4) is 0 Å². The molecule has 0 bridgehead atoms. The maximum Gasteiger partial charge on any atom is 0.354 e. The number of esters is 1. The average molecular weight is 200 g/mol. The van der Waals surface area contributed by atoms with E-state index in [4.69, 9.17) is 10.1 Å². The monoisotopic (exact) mass is 200 g/mol. The second-order valence-electron chi connectivity index (χ2n) is 4.17. The van der Waals surface area contributed by atoms with Crippen molar-refractivity contribution in [3.05, 3.63) is 0 Å². The maximum atomic E-state index is 11.4. The predicted molar refractivity (Wildman–Crippen MR) is 56.7 cm³/mol. The topological polar surface area (TPSA) is 62.2 Å². The number of carbonyl (C=O) groups excluding carboxylic acids is 1. The second-order valence-corrected chi connectivity index (χ2v) is 4.17. The maximum absolute atomic E-state index is 11.4. The van der Waals surface area contributed by atoms with Crippen molar-refractivity contribution < 1.29 is 9.53 Å². The van der Waals surface area contributed by atoms with Crippen molar-refractivity contribution >= 4 is 11.7 Å². The Hall–Kier alpha value is -0.900. The van der Waals surface area contributed by atoms with Crippen molar-refractivity contribution in [1.29, 1.82) is 5.41 Å². The minimum Gasteiger partial charge on any atom is -0.455 e. The lowest BCUT2D eigenvalue weighted by Gasteiger charge is -2.22. The summed E-state index contributed by atoms with van der Waals surface area (Å²) in [6.07, 6.45) is 0.703. The first-order valence-corrected chi connectivity index (χ1v) is 4.81. The molecule has 0 heterocycles. The molecule has 0 saturated heterocycles. The molecule has 0 spiro atoms. The fraction of sp³-hybridized carbons (Fsp3) is 0.800. The second kappa shape index (κ2) is 5.10. The number of hydrogen-bond acceptors (Lipinski definition) is 4. The van der Waals surface area contributed by atoms with Crippen molar-refractivity contribution in [3.8, 4) is 0 Å². The zero-order valence-electron chi connectivity index (χ0n) is 9.60. The number of carbonyl (C=O) groups is 1. The molecule has 0 aromatic carbocycles. The summed E-state index contributed by atoms with van der Waals surface area (Å²) in [6, 6.07) is -0.218. The highest BCUT2D eigenvalue weighted by atomic mass is 16.6. The van der Waals surface area contributed by atoms with E-state index in [0.29, 0.717) is 6.42 Å². The predicted octanol–water partition coefficient (Wildman–Crippen LogP) is 1.35. The van der Waals surface area contributed by atoms with Crippen molar-refractivity contribution in [1.82, 2.24) is 5.32 Å². The third-order valence-corrected chi connectivity index (χ3v) is 1.72. The first kappa shape index (κ1) is 13.1. The molecule has 0 aromatic rings. The number of rotatable bonds is 4. The quantitative estimate of drug-likeness (QED) is 0.532. The van der Waals surface area contributed by atoms with Gasteiger partial charge in [-0.3, -0.25) is 5.41 Å². The van der Waals surface area contributed by atoms with E-state index in [-0.39, 0.29) is 11.8 Å². The Morgan fingerprint density at radius 3 is 2.29 bits per heavy atom. The van der Waals surface area contributed by atoms with Crippen LogP contribution in [0.4, 0.5) is 0 Å². The molecule has 0 aliphatic rings. The van der Waals surface area contributed by atoms with E-state index in [1.807, 2.05) is 6.92 Å². The Morgan fingerprint density at radius 2 is 2.00 bits per heavy atom. The summed E-state index contributed by atoms with van der Waals surface area (Å²) in [5, 5.41) is 10.5. The zero-order chi connectivity index (χ0) is 11.4. The Balaban J connectivity index is 4.32. The van der Waals surface area contributed by atoms with E-state index >= 15 is 0 Å². The van der Waals surface area contributed by atoms with Gasteiger partial charge in [0.2, 0.25) is 0 Å². The van der Waals surface area contributed by atoms with Gasteiger partial charge in [0.15, 0.2) is 0 Å². The Morgan fingerprint density at radius 1 is 1.50 bits per heavy atom. The molecule has 0 aromatic heterocycles.